The largest absolute Gasteiger partial charge is 0.493 e. The van der Waals surface area contributed by atoms with Crippen LogP contribution in [0.1, 0.15) is 41.5 Å². The molecule has 2 amide bonds. The smallest absolute Gasteiger partial charge is 0.339 e. The molecule has 0 aliphatic carbocycles. The maximum absolute atomic E-state index is 12.3. The summed E-state index contributed by atoms with van der Waals surface area (Å²) in [5, 5.41) is 2.62. The lowest BCUT2D eigenvalue weighted by Gasteiger charge is -2.14. The number of rotatable bonds is 8. The van der Waals surface area contributed by atoms with E-state index >= 15 is 0 Å². The van der Waals surface area contributed by atoms with Crippen molar-refractivity contribution in [3.8, 4) is 5.75 Å². The van der Waals surface area contributed by atoms with Crippen LogP contribution in [0.25, 0.3) is 0 Å². The van der Waals surface area contributed by atoms with E-state index in [-0.39, 0.29) is 0 Å². The van der Waals surface area contributed by atoms with Crippen molar-refractivity contribution in [1.29, 1.82) is 0 Å². The van der Waals surface area contributed by atoms with Crippen LogP contribution in [0.4, 0.5) is 5.69 Å². The van der Waals surface area contributed by atoms with Crippen molar-refractivity contribution in [3.63, 3.8) is 0 Å². The maximum atomic E-state index is 12.3. The Balaban J connectivity index is 1.94. The van der Waals surface area contributed by atoms with Crippen LogP contribution in [0.15, 0.2) is 48.5 Å². The third kappa shape index (κ3) is 6.12. The summed E-state index contributed by atoms with van der Waals surface area (Å²) in [7, 11) is 0. The molecule has 0 saturated carbocycles. The van der Waals surface area contributed by atoms with Crippen molar-refractivity contribution in [1.82, 2.24) is 0 Å². The second-order valence-corrected chi connectivity index (χ2v) is 6.71. The van der Waals surface area contributed by atoms with E-state index in [0.29, 0.717) is 35.1 Å². The highest BCUT2D eigenvalue weighted by Crippen LogP contribution is 2.16. The van der Waals surface area contributed by atoms with Crippen molar-refractivity contribution in [3.05, 3.63) is 59.7 Å². The molecule has 0 unspecified atom stereocenters. The van der Waals surface area contributed by atoms with Gasteiger partial charge in [0.2, 0.25) is 5.91 Å². The summed E-state index contributed by atoms with van der Waals surface area (Å²) in [6.45, 7) is 6.07. The fraction of sp³-hybridized carbons (Fsp3) is 0.286. The van der Waals surface area contributed by atoms with E-state index < -0.39 is 23.9 Å². The Labute approximate surface area is 163 Å². The zero-order chi connectivity index (χ0) is 20.7. The van der Waals surface area contributed by atoms with Gasteiger partial charge >= 0.3 is 5.97 Å². The number of nitrogens with one attached hydrogen (secondary N) is 1. The zero-order valence-electron chi connectivity index (χ0n) is 16.1. The van der Waals surface area contributed by atoms with Gasteiger partial charge in [-0.15, -0.1) is 0 Å². The van der Waals surface area contributed by atoms with Crippen LogP contribution in [-0.2, 0) is 9.53 Å². The molecule has 7 heteroatoms. The third-order valence-corrected chi connectivity index (χ3v) is 3.74. The van der Waals surface area contributed by atoms with Crippen LogP contribution in [0.3, 0.4) is 0 Å². The molecule has 28 heavy (non-hydrogen) atoms. The number of amides is 2. The van der Waals surface area contributed by atoms with E-state index in [0.717, 1.165) is 0 Å². The molecule has 1 atom stereocenters. The minimum absolute atomic E-state index is 0.298. The lowest BCUT2D eigenvalue weighted by Crippen LogP contribution is -2.30. The highest BCUT2D eigenvalue weighted by Gasteiger charge is 2.19. The molecule has 0 radical (unpaired) electrons. The first-order valence-corrected chi connectivity index (χ1v) is 8.91. The van der Waals surface area contributed by atoms with Gasteiger partial charge < -0.3 is 20.5 Å². The van der Waals surface area contributed by atoms with E-state index in [4.69, 9.17) is 15.2 Å². The normalized spacial score (nSPS) is 11.6. The number of hydrogen-bond donors (Lipinski definition) is 2. The van der Waals surface area contributed by atoms with Gasteiger partial charge in [0, 0.05) is 11.3 Å². The average molecular weight is 384 g/mol. The molecule has 0 fully saturated rings. The molecule has 3 N–H and O–H groups in total. The molecule has 2 aromatic rings. The van der Waals surface area contributed by atoms with Gasteiger partial charge in [-0.3, -0.25) is 9.59 Å². The van der Waals surface area contributed by atoms with E-state index in [1.165, 1.54) is 19.1 Å². The van der Waals surface area contributed by atoms with E-state index in [9.17, 15) is 14.4 Å². The molecule has 2 aromatic carbocycles. The number of carbonyl (C=O) groups is 3. The van der Waals surface area contributed by atoms with Gasteiger partial charge in [-0.2, -0.15) is 0 Å². The standard InChI is InChI=1S/C21H24N2O5/c1-13(2)12-27-18-6-4-5-16(11-18)21(26)28-14(3)20(25)23-17-9-7-15(8-10-17)19(22)24/h4-11,13-14H,12H2,1-3H3,(H2,22,24)(H,23,25)/t14-/m0/s1. The first kappa shape index (κ1) is 21.0. The molecule has 0 saturated heterocycles. The maximum Gasteiger partial charge on any atom is 0.339 e. The first-order valence-electron chi connectivity index (χ1n) is 8.91. The summed E-state index contributed by atoms with van der Waals surface area (Å²) >= 11 is 0. The molecule has 0 heterocycles. The van der Waals surface area contributed by atoms with Gasteiger partial charge in [0.25, 0.3) is 5.91 Å². The van der Waals surface area contributed by atoms with Crippen molar-refractivity contribution in [2.45, 2.75) is 26.9 Å². The second kappa shape index (κ2) is 9.55. The molecule has 7 nitrogen and oxygen atoms in total. The number of hydrogen-bond acceptors (Lipinski definition) is 5. The molecule has 0 spiro atoms. The number of esters is 1. The fourth-order valence-electron chi connectivity index (χ4n) is 2.22. The van der Waals surface area contributed by atoms with Gasteiger partial charge in [-0.25, -0.2) is 4.79 Å². The number of benzene rings is 2. The van der Waals surface area contributed by atoms with Crippen molar-refractivity contribution >= 4 is 23.5 Å². The van der Waals surface area contributed by atoms with Crippen LogP contribution in [0.5, 0.6) is 5.75 Å². The minimum Gasteiger partial charge on any atom is -0.493 e. The predicted octanol–water partition coefficient (Wildman–Crippen LogP) is 3.00. The second-order valence-electron chi connectivity index (χ2n) is 6.71. The van der Waals surface area contributed by atoms with Gasteiger partial charge in [0.1, 0.15) is 5.75 Å². The lowest BCUT2D eigenvalue weighted by molar-refractivity contribution is -0.123. The summed E-state index contributed by atoms with van der Waals surface area (Å²) in [5.74, 6) is -0.750. The van der Waals surface area contributed by atoms with Gasteiger partial charge in [0.15, 0.2) is 6.10 Å². The summed E-state index contributed by atoms with van der Waals surface area (Å²) in [6, 6.07) is 12.7. The number of primary amides is 1. The van der Waals surface area contributed by atoms with Gasteiger partial charge in [-0.1, -0.05) is 19.9 Å². The number of carbonyl (C=O) groups excluding carboxylic acids is 3. The topological polar surface area (TPSA) is 108 Å². The van der Waals surface area contributed by atoms with Crippen LogP contribution in [-0.4, -0.2) is 30.5 Å². The Kier molecular flexibility index (Phi) is 7.14. The van der Waals surface area contributed by atoms with Crippen LogP contribution < -0.4 is 15.8 Å². The molecule has 0 bridgehead atoms. The Morgan fingerprint density at radius 3 is 2.29 bits per heavy atom. The Morgan fingerprint density at radius 2 is 1.68 bits per heavy atom. The minimum atomic E-state index is -1.01. The highest BCUT2D eigenvalue weighted by molar-refractivity contribution is 5.98. The molecular formula is C21H24N2O5. The summed E-state index contributed by atoms with van der Waals surface area (Å²) in [4.78, 5) is 35.6. The van der Waals surface area contributed by atoms with Gasteiger partial charge in [0.05, 0.1) is 12.2 Å². The SMILES string of the molecule is CC(C)COc1cccc(C(=O)O[C@@H](C)C(=O)Nc2ccc(C(N)=O)cc2)c1. The lowest BCUT2D eigenvalue weighted by atomic mass is 10.2. The van der Waals surface area contributed by atoms with Crippen molar-refractivity contribution < 1.29 is 23.9 Å². The zero-order valence-corrected chi connectivity index (χ0v) is 16.1. The Morgan fingerprint density at radius 1 is 1.00 bits per heavy atom. The van der Waals surface area contributed by atoms with E-state index in [2.05, 4.69) is 5.32 Å². The average Bonchev–Trinajstić information content (AvgIpc) is 2.66. The number of anilines is 1. The molecule has 148 valence electrons. The Hall–Kier alpha value is -3.35. The molecule has 2 rings (SSSR count). The van der Waals surface area contributed by atoms with Crippen LogP contribution in [0, 0.1) is 5.92 Å². The monoisotopic (exact) mass is 384 g/mol. The van der Waals surface area contributed by atoms with Crippen LogP contribution in [0.2, 0.25) is 0 Å². The number of ether oxygens (including phenoxy) is 2. The first-order chi connectivity index (χ1) is 13.3. The molecule has 0 aromatic heterocycles. The summed E-state index contributed by atoms with van der Waals surface area (Å²) in [5.41, 5.74) is 6.26. The highest BCUT2D eigenvalue weighted by atomic mass is 16.5. The Bertz CT molecular complexity index is 846. The summed E-state index contributed by atoms with van der Waals surface area (Å²) in [6.07, 6.45) is -1.01. The summed E-state index contributed by atoms with van der Waals surface area (Å²) < 4.78 is 10.8. The quantitative estimate of drug-likeness (QED) is 0.680. The third-order valence-electron chi connectivity index (χ3n) is 3.74. The molecule has 0 aliphatic heterocycles. The molecule has 0 aliphatic rings. The molecular weight excluding hydrogens is 360 g/mol. The number of nitrogens with two attached hydrogens (primary N) is 1. The predicted molar refractivity (Wildman–Crippen MR) is 105 cm³/mol. The van der Waals surface area contributed by atoms with E-state index in [1.807, 2.05) is 13.8 Å². The van der Waals surface area contributed by atoms with Gasteiger partial charge in [-0.05, 0) is 55.3 Å². The van der Waals surface area contributed by atoms with E-state index in [1.54, 1.807) is 36.4 Å². The van der Waals surface area contributed by atoms with Crippen molar-refractivity contribution in [2.24, 2.45) is 11.7 Å². The van der Waals surface area contributed by atoms with Crippen LogP contribution >= 0.6 is 0 Å². The fourth-order valence-corrected chi connectivity index (χ4v) is 2.22. The van der Waals surface area contributed by atoms with Crippen molar-refractivity contribution in [2.75, 3.05) is 11.9 Å².